The highest BCUT2D eigenvalue weighted by molar-refractivity contribution is 5.85. The topological polar surface area (TPSA) is 89.2 Å². The standard InChI is InChI=1S/C24H30N6O2/c1-14(2)27-17-5-7-18(8-6-17)30-21-9-15(3)19(11-20(21)28-24(30)31)16-10-22(32-4)23-25-13-26-29(23)12-16/h9-14,17-18,27H,5-8H2,1-4H3,(H,28,31). The van der Waals surface area contributed by atoms with Crippen LogP contribution in [0, 0.1) is 6.92 Å². The minimum Gasteiger partial charge on any atom is -0.493 e. The molecular weight excluding hydrogens is 404 g/mol. The van der Waals surface area contributed by atoms with E-state index in [2.05, 4.69) is 53.3 Å². The Hall–Kier alpha value is -3.13. The third-order valence-electron chi connectivity index (χ3n) is 6.57. The molecule has 168 valence electrons. The Morgan fingerprint density at radius 3 is 2.69 bits per heavy atom. The van der Waals surface area contributed by atoms with Crippen molar-refractivity contribution in [3.05, 3.63) is 46.8 Å². The predicted molar refractivity (Wildman–Crippen MR) is 125 cm³/mol. The van der Waals surface area contributed by atoms with Gasteiger partial charge in [-0.15, -0.1) is 0 Å². The van der Waals surface area contributed by atoms with E-state index in [1.807, 2.05) is 16.8 Å². The zero-order valence-corrected chi connectivity index (χ0v) is 19.1. The number of imidazole rings is 1. The molecule has 4 aromatic rings. The second-order valence-corrected chi connectivity index (χ2v) is 9.14. The van der Waals surface area contributed by atoms with E-state index in [9.17, 15) is 4.79 Å². The van der Waals surface area contributed by atoms with Crippen molar-refractivity contribution in [2.24, 2.45) is 0 Å². The summed E-state index contributed by atoms with van der Waals surface area (Å²) in [4.78, 5) is 20.3. The van der Waals surface area contributed by atoms with Gasteiger partial charge in [0.25, 0.3) is 0 Å². The maximum Gasteiger partial charge on any atom is 0.326 e. The molecule has 5 rings (SSSR count). The second-order valence-electron chi connectivity index (χ2n) is 9.14. The lowest BCUT2D eigenvalue weighted by atomic mass is 9.90. The SMILES string of the molecule is COc1cc(-c2cc3[nH]c(=O)n(C4CCC(NC(C)C)CC4)c3cc2C)cn2ncnc12. The highest BCUT2D eigenvalue weighted by Gasteiger charge is 2.25. The maximum absolute atomic E-state index is 12.9. The number of ether oxygens (including phenoxy) is 1. The summed E-state index contributed by atoms with van der Waals surface area (Å²) in [7, 11) is 1.63. The van der Waals surface area contributed by atoms with E-state index in [0.717, 1.165) is 53.4 Å². The number of fused-ring (bicyclic) bond motifs is 2. The summed E-state index contributed by atoms with van der Waals surface area (Å²) in [5.41, 5.74) is 5.58. The minimum atomic E-state index is -0.0267. The number of benzene rings is 1. The molecule has 0 spiro atoms. The van der Waals surface area contributed by atoms with Gasteiger partial charge < -0.3 is 15.0 Å². The second kappa shape index (κ2) is 8.09. The van der Waals surface area contributed by atoms with Gasteiger partial charge in [-0.2, -0.15) is 5.10 Å². The number of H-pyrrole nitrogens is 1. The third kappa shape index (κ3) is 3.58. The Labute approximate surface area is 186 Å². The molecule has 0 unspecified atom stereocenters. The van der Waals surface area contributed by atoms with E-state index in [0.29, 0.717) is 23.5 Å². The van der Waals surface area contributed by atoms with E-state index in [-0.39, 0.29) is 11.7 Å². The van der Waals surface area contributed by atoms with Gasteiger partial charge in [0, 0.05) is 29.9 Å². The summed E-state index contributed by atoms with van der Waals surface area (Å²) in [6.45, 7) is 6.46. The van der Waals surface area contributed by atoms with Gasteiger partial charge >= 0.3 is 5.69 Å². The Kier molecular flexibility index (Phi) is 5.25. The van der Waals surface area contributed by atoms with Crippen LogP contribution in [0.25, 0.3) is 27.8 Å². The van der Waals surface area contributed by atoms with Crippen LogP contribution in [0.4, 0.5) is 0 Å². The van der Waals surface area contributed by atoms with Crippen molar-refractivity contribution >= 4 is 16.7 Å². The van der Waals surface area contributed by atoms with Crippen LogP contribution in [0.5, 0.6) is 5.75 Å². The fourth-order valence-corrected chi connectivity index (χ4v) is 5.12. The van der Waals surface area contributed by atoms with Crippen LogP contribution in [-0.4, -0.2) is 43.3 Å². The largest absolute Gasteiger partial charge is 0.493 e. The average Bonchev–Trinajstić information content (AvgIpc) is 3.36. The van der Waals surface area contributed by atoms with Crippen molar-refractivity contribution in [1.82, 2.24) is 29.5 Å². The fourth-order valence-electron chi connectivity index (χ4n) is 5.12. The molecule has 1 aliphatic carbocycles. The summed E-state index contributed by atoms with van der Waals surface area (Å²) < 4.78 is 9.21. The molecule has 1 aromatic carbocycles. The van der Waals surface area contributed by atoms with Gasteiger partial charge in [-0.1, -0.05) is 13.8 Å². The zero-order chi connectivity index (χ0) is 22.4. The van der Waals surface area contributed by atoms with Gasteiger partial charge in [0.05, 0.1) is 18.1 Å². The fraction of sp³-hybridized carbons (Fsp3) is 0.458. The Balaban J connectivity index is 1.52. The van der Waals surface area contributed by atoms with Gasteiger partial charge in [-0.3, -0.25) is 4.57 Å². The molecule has 3 heterocycles. The molecule has 3 aromatic heterocycles. The Morgan fingerprint density at radius 1 is 1.19 bits per heavy atom. The number of rotatable bonds is 5. The van der Waals surface area contributed by atoms with Gasteiger partial charge in [0.2, 0.25) is 0 Å². The number of hydrogen-bond acceptors (Lipinski definition) is 5. The molecule has 8 heteroatoms. The van der Waals surface area contributed by atoms with Crippen molar-refractivity contribution in [2.45, 2.75) is 64.6 Å². The molecule has 1 aliphatic rings. The number of aryl methyl sites for hydroxylation is 1. The number of aromatic nitrogens is 5. The monoisotopic (exact) mass is 434 g/mol. The van der Waals surface area contributed by atoms with Crippen molar-refractivity contribution < 1.29 is 4.74 Å². The first-order chi connectivity index (χ1) is 15.4. The molecule has 0 atom stereocenters. The van der Waals surface area contributed by atoms with Crippen LogP contribution in [0.3, 0.4) is 0 Å². The molecule has 0 aliphatic heterocycles. The smallest absolute Gasteiger partial charge is 0.326 e. The van der Waals surface area contributed by atoms with Crippen LogP contribution in [0.2, 0.25) is 0 Å². The first kappa shape index (κ1) is 20.8. The van der Waals surface area contributed by atoms with Crippen molar-refractivity contribution in [2.75, 3.05) is 7.11 Å². The van der Waals surface area contributed by atoms with Crippen molar-refractivity contribution in [3.8, 4) is 16.9 Å². The Morgan fingerprint density at radius 2 is 1.97 bits per heavy atom. The van der Waals surface area contributed by atoms with E-state index in [4.69, 9.17) is 4.74 Å². The van der Waals surface area contributed by atoms with Gasteiger partial charge in [-0.25, -0.2) is 14.3 Å². The quantitative estimate of drug-likeness (QED) is 0.498. The minimum absolute atomic E-state index is 0.0267. The number of nitrogens with zero attached hydrogens (tertiary/aromatic N) is 4. The normalized spacial score (nSPS) is 19.3. The molecule has 1 saturated carbocycles. The molecule has 32 heavy (non-hydrogen) atoms. The molecule has 0 saturated heterocycles. The van der Waals surface area contributed by atoms with E-state index >= 15 is 0 Å². The van der Waals surface area contributed by atoms with Crippen molar-refractivity contribution in [1.29, 1.82) is 0 Å². The molecule has 0 radical (unpaired) electrons. The summed E-state index contributed by atoms with van der Waals surface area (Å²) in [5, 5.41) is 7.90. The van der Waals surface area contributed by atoms with Gasteiger partial charge in [-0.05, 0) is 61.9 Å². The number of nitrogens with one attached hydrogen (secondary N) is 2. The van der Waals surface area contributed by atoms with Crippen LogP contribution in [0.1, 0.15) is 51.1 Å². The van der Waals surface area contributed by atoms with Crippen LogP contribution < -0.4 is 15.7 Å². The lowest BCUT2D eigenvalue weighted by molar-refractivity contribution is 0.281. The number of pyridine rings is 1. The first-order valence-electron chi connectivity index (χ1n) is 11.3. The summed E-state index contributed by atoms with van der Waals surface area (Å²) in [6.07, 6.45) is 7.67. The lowest BCUT2D eigenvalue weighted by Gasteiger charge is -2.31. The van der Waals surface area contributed by atoms with E-state index in [1.54, 1.807) is 11.6 Å². The summed E-state index contributed by atoms with van der Waals surface area (Å²) >= 11 is 0. The first-order valence-corrected chi connectivity index (χ1v) is 11.3. The lowest BCUT2D eigenvalue weighted by Crippen LogP contribution is -2.38. The number of aromatic amines is 1. The number of hydrogen-bond donors (Lipinski definition) is 2. The molecule has 0 amide bonds. The average molecular weight is 435 g/mol. The summed E-state index contributed by atoms with van der Waals surface area (Å²) in [5.74, 6) is 0.664. The van der Waals surface area contributed by atoms with Gasteiger partial charge in [0.1, 0.15) is 6.33 Å². The molecule has 1 fully saturated rings. The third-order valence-corrected chi connectivity index (χ3v) is 6.57. The zero-order valence-electron chi connectivity index (χ0n) is 19.1. The molecule has 0 bridgehead atoms. The molecule has 2 N–H and O–H groups in total. The summed E-state index contributed by atoms with van der Waals surface area (Å²) in [6, 6.07) is 7.42. The maximum atomic E-state index is 12.9. The van der Waals surface area contributed by atoms with E-state index < -0.39 is 0 Å². The molecular formula is C24H30N6O2. The van der Waals surface area contributed by atoms with Crippen LogP contribution in [-0.2, 0) is 0 Å². The number of methoxy groups -OCH3 is 1. The highest BCUT2D eigenvalue weighted by Crippen LogP contribution is 2.34. The predicted octanol–water partition coefficient (Wildman–Crippen LogP) is 3.84. The molecule has 8 nitrogen and oxygen atoms in total. The van der Waals surface area contributed by atoms with Crippen LogP contribution in [0.15, 0.2) is 35.5 Å². The van der Waals surface area contributed by atoms with Crippen LogP contribution >= 0.6 is 0 Å². The van der Waals surface area contributed by atoms with Gasteiger partial charge in [0.15, 0.2) is 11.4 Å². The highest BCUT2D eigenvalue weighted by atomic mass is 16.5. The Bertz CT molecular complexity index is 1320. The van der Waals surface area contributed by atoms with E-state index in [1.165, 1.54) is 6.33 Å². The van der Waals surface area contributed by atoms with Crippen molar-refractivity contribution in [3.63, 3.8) is 0 Å².